The largest absolute Gasteiger partial charge is 0.497 e. The molecule has 1 amide bonds. The summed E-state index contributed by atoms with van der Waals surface area (Å²) in [6, 6.07) is 20.9. The van der Waals surface area contributed by atoms with E-state index in [0.717, 1.165) is 23.3 Å². The van der Waals surface area contributed by atoms with Gasteiger partial charge in [-0.05, 0) is 66.1 Å². The number of rotatable bonds is 7. The highest BCUT2D eigenvalue weighted by atomic mass is 16.5. The Kier molecular flexibility index (Phi) is 7.00. The average Bonchev–Trinajstić information content (AvgIpc) is 3.03. The molecule has 0 spiro atoms. The first-order valence-electron chi connectivity index (χ1n) is 12.3. The van der Waals surface area contributed by atoms with E-state index in [1.807, 2.05) is 43.1 Å². The molecule has 1 saturated heterocycles. The minimum Gasteiger partial charge on any atom is -0.497 e. The van der Waals surface area contributed by atoms with Crippen LogP contribution in [0.3, 0.4) is 0 Å². The fourth-order valence-corrected chi connectivity index (χ4v) is 4.81. The fraction of sp³-hybridized carbons (Fsp3) is 0.400. The lowest BCUT2D eigenvalue weighted by molar-refractivity contribution is -0.132. The van der Waals surface area contributed by atoms with Crippen LogP contribution < -0.4 is 4.74 Å². The molecule has 0 saturated carbocycles. The number of hydrogen-bond donors (Lipinski definition) is 0. The number of nitrogens with zero attached hydrogens (tertiary/aromatic N) is 3. The number of carbonyl (C=O) groups excluding carboxylic acids is 1. The summed E-state index contributed by atoms with van der Waals surface area (Å²) >= 11 is 0. The van der Waals surface area contributed by atoms with Gasteiger partial charge in [0.25, 0.3) is 0 Å². The Labute approximate surface area is 209 Å². The quantitative estimate of drug-likeness (QED) is 0.440. The molecule has 1 aliphatic rings. The van der Waals surface area contributed by atoms with Crippen LogP contribution in [0.2, 0.25) is 0 Å². The average molecular weight is 472 g/mol. The summed E-state index contributed by atoms with van der Waals surface area (Å²) < 4.78 is 5.29. The normalized spacial score (nSPS) is 18.2. The first-order chi connectivity index (χ1) is 16.6. The van der Waals surface area contributed by atoms with Gasteiger partial charge in [-0.3, -0.25) is 14.7 Å². The van der Waals surface area contributed by atoms with Crippen molar-refractivity contribution in [3.8, 4) is 5.75 Å². The zero-order valence-corrected chi connectivity index (χ0v) is 21.8. The van der Waals surface area contributed by atoms with Gasteiger partial charge in [0, 0.05) is 25.5 Å². The topological polar surface area (TPSA) is 45.7 Å². The summed E-state index contributed by atoms with van der Waals surface area (Å²) in [6.45, 7) is 12.0. The molecule has 184 valence electrons. The molecular weight excluding hydrogens is 434 g/mol. The van der Waals surface area contributed by atoms with Crippen molar-refractivity contribution in [1.29, 1.82) is 0 Å². The molecule has 5 nitrogen and oxygen atoms in total. The third-order valence-corrected chi connectivity index (χ3v) is 7.04. The van der Waals surface area contributed by atoms with E-state index >= 15 is 0 Å². The van der Waals surface area contributed by atoms with Crippen LogP contribution in [0.4, 0.5) is 0 Å². The zero-order valence-electron chi connectivity index (χ0n) is 21.8. The Bertz CT molecular complexity index is 1130. The number of ether oxygens (including phenoxy) is 1. The second-order valence-electron chi connectivity index (χ2n) is 10.9. The van der Waals surface area contributed by atoms with Gasteiger partial charge in [0.15, 0.2) is 0 Å². The van der Waals surface area contributed by atoms with Crippen LogP contribution in [0, 0.1) is 0 Å². The molecule has 0 bridgehead atoms. The van der Waals surface area contributed by atoms with E-state index in [2.05, 4.69) is 73.1 Å². The minimum atomic E-state index is -0.636. The molecule has 1 fully saturated rings. The third kappa shape index (κ3) is 5.25. The van der Waals surface area contributed by atoms with E-state index in [0.29, 0.717) is 13.1 Å². The first kappa shape index (κ1) is 24.9. The van der Waals surface area contributed by atoms with Gasteiger partial charge in [0.05, 0.1) is 12.6 Å². The number of methoxy groups -OCH3 is 1. The molecule has 3 aromatic rings. The number of hydrogen-bond acceptors (Lipinski definition) is 4. The van der Waals surface area contributed by atoms with Crippen molar-refractivity contribution in [1.82, 2.24) is 14.8 Å². The van der Waals surface area contributed by atoms with E-state index in [9.17, 15) is 4.79 Å². The van der Waals surface area contributed by atoms with Crippen LogP contribution in [0.5, 0.6) is 5.75 Å². The van der Waals surface area contributed by atoms with Gasteiger partial charge in [0.1, 0.15) is 11.9 Å². The van der Waals surface area contributed by atoms with Crippen molar-refractivity contribution in [2.75, 3.05) is 13.7 Å². The SMILES string of the molecule is COc1ccc(CCN2C(=O)C(C)(C)N(Cc3cccnc3)C2c2ccc(C(C)(C)C)cc2)cc1. The maximum Gasteiger partial charge on any atom is 0.244 e. The summed E-state index contributed by atoms with van der Waals surface area (Å²) in [5.74, 6) is 0.992. The van der Waals surface area contributed by atoms with Crippen molar-refractivity contribution in [3.63, 3.8) is 0 Å². The van der Waals surface area contributed by atoms with Gasteiger partial charge in [-0.15, -0.1) is 0 Å². The number of amides is 1. The molecule has 2 aromatic carbocycles. The lowest BCUT2D eigenvalue weighted by Gasteiger charge is -2.34. The highest BCUT2D eigenvalue weighted by molar-refractivity contribution is 5.88. The van der Waals surface area contributed by atoms with Crippen LogP contribution in [0.1, 0.15) is 63.0 Å². The second-order valence-corrected chi connectivity index (χ2v) is 10.9. The van der Waals surface area contributed by atoms with Gasteiger partial charge >= 0.3 is 0 Å². The molecule has 35 heavy (non-hydrogen) atoms. The molecule has 1 atom stereocenters. The van der Waals surface area contributed by atoms with Crippen LogP contribution in [-0.2, 0) is 23.2 Å². The fourth-order valence-electron chi connectivity index (χ4n) is 4.81. The zero-order chi connectivity index (χ0) is 25.2. The van der Waals surface area contributed by atoms with Gasteiger partial charge < -0.3 is 9.64 Å². The minimum absolute atomic E-state index is 0.0761. The summed E-state index contributed by atoms with van der Waals surface area (Å²) in [5, 5.41) is 0. The van der Waals surface area contributed by atoms with Crippen LogP contribution in [0.15, 0.2) is 73.1 Å². The molecule has 1 unspecified atom stereocenters. The third-order valence-electron chi connectivity index (χ3n) is 7.04. The van der Waals surface area contributed by atoms with Gasteiger partial charge in [-0.1, -0.05) is 63.2 Å². The Morgan fingerprint density at radius 3 is 2.23 bits per heavy atom. The first-order valence-corrected chi connectivity index (χ1v) is 12.3. The smallest absolute Gasteiger partial charge is 0.244 e. The van der Waals surface area contributed by atoms with Gasteiger partial charge in [-0.25, -0.2) is 0 Å². The van der Waals surface area contributed by atoms with Gasteiger partial charge in [0.2, 0.25) is 5.91 Å². The second kappa shape index (κ2) is 9.82. The lowest BCUT2D eigenvalue weighted by Crippen LogP contribution is -2.43. The standard InChI is InChI=1S/C30H37N3O2/c1-29(2,3)25-13-11-24(12-14-25)27-32(19-17-22-9-15-26(35-6)16-10-22)28(34)30(4,5)33(27)21-23-8-7-18-31-20-23/h7-16,18,20,27H,17,19,21H2,1-6H3. The Hall–Kier alpha value is -3.18. The molecule has 1 aliphatic heterocycles. The summed E-state index contributed by atoms with van der Waals surface area (Å²) in [5.41, 5.74) is 4.14. The molecule has 5 heteroatoms. The highest BCUT2D eigenvalue weighted by Crippen LogP contribution is 2.42. The van der Waals surface area contributed by atoms with E-state index in [-0.39, 0.29) is 17.5 Å². The molecule has 0 radical (unpaired) electrons. The number of pyridine rings is 1. The monoisotopic (exact) mass is 471 g/mol. The molecule has 0 N–H and O–H groups in total. The predicted octanol–water partition coefficient (Wildman–Crippen LogP) is 5.75. The van der Waals surface area contributed by atoms with E-state index in [1.54, 1.807) is 13.3 Å². The summed E-state index contributed by atoms with van der Waals surface area (Å²) in [6.07, 6.45) is 4.31. The van der Waals surface area contributed by atoms with Gasteiger partial charge in [-0.2, -0.15) is 0 Å². The molecule has 0 aliphatic carbocycles. The molecule has 1 aromatic heterocycles. The van der Waals surface area contributed by atoms with E-state index in [1.165, 1.54) is 11.1 Å². The van der Waals surface area contributed by atoms with Crippen LogP contribution in [0.25, 0.3) is 0 Å². The Morgan fingerprint density at radius 2 is 1.66 bits per heavy atom. The number of benzene rings is 2. The maximum absolute atomic E-state index is 13.8. The molecular formula is C30H37N3O2. The van der Waals surface area contributed by atoms with E-state index < -0.39 is 5.54 Å². The molecule has 2 heterocycles. The van der Waals surface area contributed by atoms with E-state index in [4.69, 9.17) is 4.74 Å². The predicted molar refractivity (Wildman–Crippen MR) is 140 cm³/mol. The number of carbonyl (C=O) groups is 1. The van der Waals surface area contributed by atoms with Crippen molar-refractivity contribution in [2.45, 2.75) is 64.7 Å². The van der Waals surface area contributed by atoms with Crippen molar-refractivity contribution in [3.05, 3.63) is 95.3 Å². The Balaban J connectivity index is 1.68. The lowest BCUT2D eigenvalue weighted by atomic mass is 9.86. The van der Waals surface area contributed by atoms with Crippen molar-refractivity contribution < 1.29 is 9.53 Å². The number of aromatic nitrogens is 1. The molecule has 4 rings (SSSR count). The summed E-state index contributed by atoms with van der Waals surface area (Å²) in [7, 11) is 1.67. The highest BCUT2D eigenvalue weighted by Gasteiger charge is 2.51. The van der Waals surface area contributed by atoms with Crippen molar-refractivity contribution in [2.24, 2.45) is 0 Å². The maximum atomic E-state index is 13.8. The Morgan fingerprint density at radius 1 is 0.971 bits per heavy atom. The van der Waals surface area contributed by atoms with Crippen molar-refractivity contribution >= 4 is 5.91 Å². The van der Waals surface area contributed by atoms with Crippen LogP contribution in [-0.4, -0.2) is 39.9 Å². The van der Waals surface area contributed by atoms with Crippen LogP contribution >= 0.6 is 0 Å². The summed E-state index contributed by atoms with van der Waals surface area (Å²) in [4.78, 5) is 22.5.